The molecule has 0 fully saturated rings. The molecule has 0 unspecified atom stereocenters. The van der Waals surface area contributed by atoms with E-state index in [1.54, 1.807) is 0 Å². The zero-order chi connectivity index (χ0) is 13.1. The second kappa shape index (κ2) is 5.33. The fraction of sp³-hybridized carbons (Fsp3) is 0.583. The van der Waals surface area contributed by atoms with Gasteiger partial charge in [0.1, 0.15) is 11.3 Å². The van der Waals surface area contributed by atoms with E-state index in [4.69, 9.17) is 9.52 Å². The molecule has 1 aromatic rings. The molecule has 0 saturated heterocycles. The van der Waals surface area contributed by atoms with E-state index in [2.05, 4.69) is 24.1 Å². The summed E-state index contributed by atoms with van der Waals surface area (Å²) in [6.07, 6.45) is 1.40. The lowest BCUT2D eigenvalue weighted by Gasteiger charge is -2.32. The van der Waals surface area contributed by atoms with Crippen molar-refractivity contribution < 1.29 is 14.3 Å². The number of nitrogens with one attached hydrogen (secondary N) is 1. The van der Waals surface area contributed by atoms with E-state index in [1.165, 1.54) is 12.3 Å². The molecule has 2 N–H and O–H groups in total. The predicted octanol–water partition coefficient (Wildman–Crippen LogP) is 1.41. The van der Waals surface area contributed by atoms with E-state index in [1.807, 2.05) is 14.1 Å². The SMILES string of the molecule is CN(C)C(C)(C)CNCc1occc1C(=O)O. The number of carbonyl (C=O) groups is 1. The first-order chi connectivity index (χ1) is 7.84. The van der Waals surface area contributed by atoms with Crippen molar-refractivity contribution in [2.75, 3.05) is 20.6 Å². The van der Waals surface area contributed by atoms with E-state index in [0.29, 0.717) is 12.3 Å². The highest BCUT2D eigenvalue weighted by Gasteiger charge is 2.20. The van der Waals surface area contributed by atoms with Crippen LogP contribution < -0.4 is 5.32 Å². The summed E-state index contributed by atoms with van der Waals surface area (Å²) in [4.78, 5) is 13.0. The fourth-order valence-electron chi connectivity index (χ4n) is 1.31. The molecular weight excluding hydrogens is 220 g/mol. The lowest BCUT2D eigenvalue weighted by molar-refractivity contribution is 0.0694. The summed E-state index contributed by atoms with van der Waals surface area (Å²) in [6, 6.07) is 1.47. The van der Waals surface area contributed by atoms with E-state index >= 15 is 0 Å². The number of carboxylic acids is 1. The monoisotopic (exact) mass is 240 g/mol. The third kappa shape index (κ3) is 3.57. The van der Waals surface area contributed by atoms with Crippen LogP contribution in [-0.4, -0.2) is 42.2 Å². The molecule has 0 aromatic carbocycles. The summed E-state index contributed by atoms with van der Waals surface area (Å²) < 4.78 is 5.14. The Morgan fingerprint density at radius 3 is 2.71 bits per heavy atom. The van der Waals surface area contributed by atoms with Crippen molar-refractivity contribution in [3.63, 3.8) is 0 Å². The molecule has 0 aliphatic heterocycles. The number of furan rings is 1. The quantitative estimate of drug-likeness (QED) is 0.787. The number of carboxylic acid groups (broad SMARTS) is 1. The minimum absolute atomic E-state index is 0.00990. The Kier molecular flexibility index (Phi) is 4.31. The van der Waals surface area contributed by atoms with Crippen molar-refractivity contribution in [1.29, 1.82) is 0 Å². The van der Waals surface area contributed by atoms with Gasteiger partial charge in [-0.2, -0.15) is 0 Å². The Hall–Kier alpha value is -1.33. The van der Waals surface area contributed by atoms with Gasteiger partial charge in [-0.25, -0.2) is 4.79 Å². The minimum atomic E-state index is -0.956. The fourth-order valence-corrected chi connectivity index (χ4v) is 1.31. The van der Waals surface area contributed by atoms with Crippen LogP contribution in [0.4, 0.5) is 0 Å². The highest BCUT2D eigenvalue weighted by atomic mass is 16.4. The van der Waals surface area contributed by atoms with Gasteiger partial charge in [0, 0.05) is 12.1 Å². The van der Waals surface area contributed by atoms with Crippen LogP contribution in [0.1, 0.15) is 30.0 Å². The normalized spacial score (nSPS) is 12.1. The minimum Gasteiger partial charge on any atom is -0.478 e. The van der Waals surface area contributed by atoms with Crippen molar-refractivity contribution in [2.24, 2.45) is 0 Å². The number of hydrogen-bond donors (Lipinski definition) is 2. The van der Waals surface area contributed by atoms with Gasteiger partial charge in [-0.05, 0) is 34.0 Å². The first-order valence-corrected chi connectivity index (χ1v) is 5.52. The van der Waals surface area contributed by atoms with Crippen LogP contribution in [0.2, 0.25) is 0 Å². The molecule has 0 aliphatic carbocycles. The van der Waals surface area contributed by atoms with E-state index < -0.39 is 5.97 Å². The van der Waals surface area contributed by atoms with Crippen LogP contribution in [0.25, 0.3) is 0 Å². The molecule has 0 bridgehead atoms. The number of aromatic carboxylic acids is 1. The predicted molar refractivity (Wildman–Crippen MR) is 65.1 cm³/mol. The highest BCUT2D eigenvalue weighted by molar-refractivity contribution is 5.88. The number of rotatable bonds is 6. The van der Waals surface area contributed by atoms with Gasteiger partial charge >= 0.3 is 5.97 Å². The number of hydrogen-bond acceptors (Lipinski definition) is 4. The molecule has 5 heteroatoms. The molecule has 1 heterocycles. The van der Waals surface area contributed by atoms with Crippen LogP contribution in [0.15, 0.2) is 16.7 Å². The molecule has 17 heavy (non-hydrogen) atoms. The van der Waals surface area contributed by atoms with Crippen LogP contribution in [0.5, 0.6) is 0 Å². The second-order valence-electron chi connectivity index (χ2n) is 4.87. The summed E-state index contributed by atoms with van der Waals surface area (Å²) >= 11 is 0. The molecule has 0 aliphatic rings. The van der Waals surface area contributed by atoms with E-state index in [9.17, 15) is 4.79 Å². The van der Waals surface area contributed by atoms with Crippen LogP contribution in [0, 0.1) is 0 Å². The third-order valence-electron chi connectivity index (χ3n) is 3.03. The Balaban J connectivity index is 2.52. The first-order valence-electron chi connectivity index (χ1n) is 5.52. The molecule has 1 aromatic heterocycles. The Labute approximate surface area is 101 Å². The maximum atomic E-state index is 10.9. The average molecular weight is 240 g/mol. The summed E-state index contributed by atoms with van der Waals surface area (Å²) in [5.74, 6) is -0.491. The lowest BCUT2D eigenvalue weighted by Crippen LogP contribution is -2.46. The van der Waals surface area contributed by atoms with Crippen LogP contribution in [0.3, 0.4) is 0 Å². The van der Waals surface area contributed by atoms with E-state index in [0.717, 1.165) is 6.54 Å². The van der Waals surface area contributed by atoms with Crippen molar-refractivity contribution in [3.05, 3.63) is 23.7 Å². The third-order valence-corrected chi connectivity index (χ3v) is 3.03. The highest BCUT2D eigenvalue weighted by Crippen LogP contribution is 2.12. The summed E-state index contributed by atoms with van der Waals surface area (Å²) in [6.45, 7) is 5.39. The molecule has 0 atom stereocenters. The zero-order valence-electron chi connectivity index (χ0n) is 10.8. The van der Waals surface area contributed by atoms with Gasteiger partial charge in [-0.15, -0.1) is 0 Å². The topological polar surface area (TPSA) is 65.7 Å². The standard InChI is InChI=1S/C12H20N2O3/c1-12(2,14(3)4)8-13-7-10-9(11(15)16)5-6-17-10/h5-6,13H,7-8H2,1-4H3,(H,15,16). The smallest absolute Gasteiger partial charge is 0.339 e. The molecule has 96 valence electrons. The van der Waals surface area contributed by atoms with Crippen molar-refractivity contribution in [3.8, 4) is 0 Å². The van der Waals surface area contributed by atoms with Gasteiger partial charge in [-0.3, -0.25) is 0 Å². The molecule has 0 saturated carbocycles. The Bertz CT molecular complexity index is 383. The molecular formula is C12H20N2O3. The zero-order valence-corrected chi connectivity index (χ0v) is 10.8. The molecule has 0 radical (unpaired) electrons. The maximum absolute atomic E-state index is 10.9. The Morgan fingerprint density at radius 1 is 1.53 bits per heavy atom. The summed E-state index contributed by atoms with van der Waals surface area (Å²) in [5, 5.41) is 12.1. The first kappa shape index (κ1) is 13.7. The Morgan fingerprint density at radius 2 is 2.18 bits per heavy atom. The summed E-state index contributed by atoms with van der Waals surface area (Å²) in [7, 11) is 4.02. The average Bonchev–Trinajstić information content (AvgIpc) is 2.65. The molecule has 0 amide bonds. The summed E-state index contributed by atoms with van der Waals surface area (Å²) in [5.41, 5.74) is 0.232. The van der Waals surface area contributed by atoms with Crippen molar-refractivity contribution in [2.45, 2.75) is 25.9 Å². The number of likely N-dealkylation sites (N-methyl/N-ethyl adjacent to an activating group) is 1. The lowest BCUT2D eigenvalue weighted by atomic mass is 10.0. The second-order valence-corrected chi connectivity index (χ2v) is 4.87. The van der Waals surface area contributed by atoms with Crippen LogP contribution in [-0.2, 0) is 6.54 Å². The van der Waals surface area contributed by atoms with E-state index in [-0.39, 0.29) is 11.1 Å². The molecule has 5 nitrogen and oxygen atoms in total. The largest absolute Gasteiger partial charge is 0.478 e. The van der Waals surface area contributed by atoms with Gasteiger partial charge in [-0.1, -0.05) is 0 Å². The maximum Gasteiger partial charge on any atom is 0.339 e. The van der Waals surface area contributed by atoms with Gasteiger partial charge in [0.05, 0.1) is 12.8 Å². The van der Waals surface area contributed by atoms with Crippen LogP contribution >= 0.6 is 0 Å². The van der Waals surface area contributed by atoms with Gasteiger partial charge in [0.25, 0.3) is 0 Å². The van der Waals surface area contributed by atoms with Crippen molar-refractivity contribution >= 4 is 5.97 Å². The van der Waals surface area contributed by atoms with Gasteiger partial charge in [0.2, 0.25) is 0 Å². The van der Waals surface area contributed by atoms with Gasteiger partial charge < -0.3 is 19.7 Å². The molecule has 0 spiro atoms. The van der Waals surface area contributed by atoms with Gasteiger partial charge in [0.15, 0.2) is 0 Å². The number of nitrogens with zero attached hydrogens (tertiary/aromatic N) is 1. The molecule has 1 rings (SSSR count). The van der Waals surface area contributed by atoms with Crippen molar-refractivity contribution in [1.82, 2.24) is 10.2 Å².